The number of anilines is 1. The zero-order valence-corrected chi connectivity index (χ0v) is 16.1. The number of rotatable bonds is 6. The van der Waals surface area contributed by atoms with Gasteiger partial charge < -0.3 is 14.6 Å². The lowest BCUT2D eigenvalue weighted by molar-refractivity contribution is -0.111. The van der Waals surface area contributed by atoms with E-state index in [2.05, 4.69) is 20.2 Å². The van der Waals surface area contributed by atoms with Crippen LogP contribution in [0.2, 0.25) is 0 Å². The predicted octanol–water partition coefficient (Wildman–Crippen LogP) is 2.75. The van der Waals surface area contributed by atoms with Gasteiger partial charge in [-0.3, -0.25) is 14.7 Å². The Morgan fingerprint density at radius 3 is 2.69 bits per heavy atom. The molecule has 1 aliphatic rings. The molecular weight excluding hydrogens is 366 g/mol. The van der Waals surface area contributed by atoms with E-state index in [4.69, 9.17) is 4.74 Å². The summed E-state index contributed by atoms with van der Waals surface area (Å²) in [6.45, 7) is 4.40. The van der Waals surface area contributed by atoms with Gasteiger partial charge in [0.25, 0.3) is 0 Å². The van der Waals surface area contributed by atoms with Crippen LogP contribution in [0.15, 0.2) is 67.5 Å². The molecule has 3 aromatic rings. The highest BCUT2D eigenvalue weighted by molar-refractivity contribution is 6.02. The molecule has 0 bridgehead atoms. The van der Waals surface area contributed by atoms with Crippen molar-refractivity contribution in [3.05, 3.63) is 78.6 Å². The van der Waals surface area contributed by atoms with Crippen molar-refractivity contribution in [3.63, 3.8) is 0 Å². The number of morpholine rings is 1. The minimum atomic E-state index is -0.189. The molecular formula is C22H23N5O2. The van der Waals surface area contributed by atoms with Crippen molar-refractivity contribution in [2.45, 2.75) is 6.54 Å². The number of hydrogen-bond acceptors (Lipinski definition) is 5. The van der Waals surface area contributed by atoms with Crippen LogP contribution in [-0.4, -0.2) is 51.6 Å². The van der Waals surface area contributed by atoms with Crippen LogP contribution in [0.25, 0.3) is 11.8 Å². The largest absolute Gasteiger partial charge is 0.379 e. The SMILES string of the molecule is O=C(/C=C/c1cnccc1-n1ccnc1)Nc1ccc(CN2CCOCC2)cc1. The van der Waals surface area contributed by atoms with Gasteiger partial charge >= 0.3 is 0 Å². The smallest absolute Gasteiger partial charge is 0.248 e. The van der Waals surface area contributed by atoms with Gasteiger partial charge in [0.15, 0.2) is 0 Å². The van der Waals surface area contributed by atoms with Crippen LogP contribution >= 0.6 is 0 Å². The van der Waals surface area contributed by atoms with Crippen molar-refractivity contribution in [1.82, 2.24) is 19.4 Å². The van der Waals surface area contributed by atoms with Crippen molar-refractivity contribution in [2.24, 2.45) is 0 Å². The molecule has 0 radical (unpaired) electrons. The molecule has 148 valence electrons. The molecule has 1 fully saturated rings. The highest BCUT2D eigenvalue weighted by Crippen LogP contribution is 2.15. The van der Waals surface area contributed by atoms with E-state index in [1.807, 2.05) is 41.1 Å². The normalized spacial score (nSPS) is 14.9. The molecule has 1 saturated heterocycles. The third kappa shape index (κ3) is 5.16. The molecule has 0 spiro atoms. The van der Waals surface area contributed by atoms with Crippen LogP contribution in [-0.2, 0) is 16.1 Å². The molecule has 29 heavy (non-hydrogen) atoms. The highest BCUT2D eigenvalue weighted by Gasteiger charge is 2.10. The summed E-state index contributed by atoms with van der Waals surface area (Å²) in [5, 5.41) is 2.90. The second-order valence-electron chi connectivity index (χ2n) is 6.81. The van der Waals surface area contributed by atoms with Crippen LogP contribution in [0.5, 0.6) is 0 Å². The Hall–Kier alpha value is -3.29. The van der Waals surface area contributed by atoms with E-state index in [0.717, 1.165) is 49.8 Å². The number of aromatic nitrogens is 3. The topological polar surface area (TPSA) is 72.3 Å². The number of hydrogen-bond donors (Lipinski definition) is 1. The maximum Gasteiger partial charge on any atom is 0.248 e. The Kier molecular flexibility index (Phi) is 6.09. The fourth-order valence-corrected chi connectivity index (χ4v) is 3.22. The third-order valence-corrected chi connectivity index (χ3v) is 4.76. The van der Waals surface area contributed by atoms with E-state index in [-0.39, 0.29) is 5.91 Å². The van der Waals surface area contributed by atoms with Gasteiger partial charge in [0.1, 0.15) is 0 Å². The van der Waals surface area contributed by atoms with Gasteiger partial charge in [-0.05, 0) is 29.8 Å². The third-order valence-electron chi connectivity index (χ3n) is 4.76. The van der Waals surface area contributed by atoms with Gasteiger partial charge in [0.05, 0.1) is 25.2 Å². The fourth-order valence-electron chi connectivity index (χ4n) is 3.22. The molecule has 0 saturated carbocycles. The molecule has 1 N–H and O–H groups in total. The Bertz CT molecular complexity index is 961. The number of imidazole rings is 1. The Morgan fingerprint density at radius 2 is 1.93 bits per heavy atom. The molecule has 1 amide bonds. The summed E-state index contributed by atoms with van der Waals surface area (Å²) >= 11 is 0. The van der Waals surface area contributed by atoms with E-state index in [0.29, 0.717) is 0 Å². The van der Waals surface area contributed by atoms with E-state index in [1.165, 1.54) is 11.6 Å². The zero-order chi connectivity index (χ0) is 19.9. The highest BCUT2D eigenvalue weighted by atomic mass is 16.5. The number of carbonyl (C=O) groups is 1. The standard InChI is InChI=1S/C22H23N5O2/c28-22(6-3-19-15-23-8-7-21(19)27-10-9-24-17-27)25-20-4-1-18(2-5-20)16-26-11-13-29-14-12-26/h1-10,15,17H,11-14,16H2,(H,25,28)/b6-3+. The lowest BCUT2D eigenvalue weighted by Crippen LogP contribution is -2.35. The minimum absolute atomic E-state index is 0.189. The number of amides is 1. The van der Waals surface area contributed by atoms with Gasteiger partial charge in [-0.2, -0.15) is 0 Å². The summed E-state index contributed by atoms with van der Waals surface area (Å²) in [5.74, 6) is -0.189. The lowest BCUT2D eigenvalue weighted by atomic mass is 10.2. The van der Waals surface area contributed by atoms with Crippen LogP contribution in [0, 0.1) is 0 Å². The molecule has 1 aliphatic heterocycles. The molecule has 4 rings (SSSR count). The van der Waals surface area contributed by atoms with Gasteiger partial charge in [-0.1, -0.05) is 12.1 Å². The van der Waals surface area contributed by atoms with Crippen molar-refractivity contribution >= 4 is 17.7 Å². The molecule has 3 heterocycles. The Morgan fingerprint density at radius 1 is 1.10 bits per heavy atom. The van der Waals surface area contributed by atoms with Crippen molar-refractivity contribution in [2.75, 3.05) is 31.6 Å². The molecule has 1 aromatic carbocycles. The van der Waals surface area contributed by atoms with E-state index >= 15 is 0 Å². The van der Waals surface area contributed by atoms with Gasteiger partial charge in [-0.25, -0.2) is 4.98 Å². The second kappa shape index (κ2) is 9.27. The quantitative estimate of drug-likeness (QED) is 0.657. The molecule has 0 unspecified atom stereocenters. The summed E-state index contributed by atoms with van der Waals surface area (Å²) in [7, 11) is 0. The van der Waals surface area contributed by atoms with E-state index in [1.54, 1.807) is 31.0 Å². The molecule has 7 nitrogen and oxygen atoms in total. The average molecular weight is 389 g/mol. The molecule has 0 aliphatic carbocycles. The van der Waals surface area contributed by atoms with Crippen LogP contribution in [0.4, 0.5) is 5.69 Å². The second-order valence-corrected chi connectivity index (χ2v) is 6.81. The van der Waals surface area contributed by atoms with Crippen LogP contribution < -0.4 is 5.32 Å². The Labute approximate surface area is 169 Å². The Balaban J connectivity index is 1.36. The minimum Gasteiger partial charge on any atom is -0.379 e. The number of benzene rings is 1. The maximum atomic E-state index is 12.3. The molecule has 7 heteroatoms. The van der Waals surface area contributed by atoms with Gasteiger partial charge in [-0.15, -0.1) is 0 Å². The summed E-state index contributed by atoms with van der Waals surface area (Å²) in [4.78, 5) is 22.9. The summed E-state index contributed by atoms with van der Waals surface area (Å²) in [6, 6.07) is 9.84. The summed E-state index contributed by atoms with van der Waals surface area (Å²) in [6.07, 6.45) is 12.0. The molecule has 0 atom stereocenters. The first kappa shape index (κ1) is 19.0. The first-order chi connectivity index (χ1) is 14.3. The van der Waals surface area contributed by atoms with Crippen molar-refractivity contribution in [1.29, 1.82) is 0 Å². The first-order valence-corrected chi connectivity index (χ1v) is 9.58. The van der Waals surface area contributed by atoms with Crippen molar-refractivity contribution in [3.8, 4) is 5.69 Å². The lowest BCUT2D eigenvalue weighted by Gasteiger charge is -2.26. The summed E-state index contributed by atoms with van der Waals surface area (Å²) in [5.41, 5.74) is 3.74. The maximum absolute atomic E-state index is 12.3. The average Bonchev–Trinajstić information content (AvgIpc) is 3.29. The number of carbonyl (C=O) groups excluding carboxylic acids is 1. The predicted molar refractivity (Wildman–Crippen MR) is 112 cm³/mol. The summed E-state index contributed by atoms with van der Waals surface area (Å²) < 4.78 is 7.26. The van der Waals surface area contributed by atoms with Crippen LogP contribution in [0.1, 0.15) is 11.1 Å². The van der Waals surface area contributed by atoms with Crippen molar-refractivity contribution < 1.29 is 9.53 Å². The number of nitrogens with zero attached hydrogens (tertiary/aromatic N) is 4. The first-order valence-electron chi connectivity index (χ1n) is 9.58. The number of pyridine rings is 1. The van der Waals surface area contributed by atoms with E-state index < -0.39 is 0 Å². The fraction of sp³-hybridized carbons (Fsp3) is 0.227. The van der Waals surface area contributed by atoms with Gasteiger partial charge in [0, 0.05) is 61.7 Å². The van der Waals surface area contributed by atoms with Crippen LogP contribution in [0.3, 0.4) is 0 Å². The van der Waals surface area contributed by atoms with E-state index in [9.17, 15) is 4.79 Å². The zero-order valence-electron chi connectivity index (χ0n) is 16.1. The number of nitrogens with one attached hydrogen (secondary N) is 1. The monoisotopic (exact) mass is 389 g/mol. The molecule has 2 aromatic heterocycles. The number of ether oxygens (including phenoxy) is 1. The van der Waals surface area contributed by atoms with Gasteiger partial charge in [0.2, 0.25) is 5.91 Å².